The van der Waals surface area contributed by atoms with Crippen molar-refractivity contribution in [3.05, 3.63) is 53.2 Å². The summed E-state index contributed by atoms with van der Waals surface area (Å²) in [7, 11) is -3.19. The van der Waals surface area contributed by atoms with Gasteiger partial charge in [0.2, 0.25) is 0 Å². The zero-order valence-corrected chi connectivity index (χ0v) is 22.3. The van der Waals surface area contributed by atoms with Crippen molar-refractivity contribution < 1.29 is 4.42 Å². The van der Waals surface area contributed by atoms with Crippen LogP contribution in [0.4, 0.5) is 0 Å². The molecule has 0 spiro atoms. The van der Waals surface area contributed by atoms with Crippen LogP contribution >= 0.6 is 0 Å². The SMILES string of the molecule is Cc1cnc2c(c1)C(C)(C)c1ccc([Si](C)(C)C)c3oc4c([Si](C)(C)C)ccc-2c4c13. The Hall–Kier alpha value is -2.18. The lowest BCUT2D eigenvalue weighted by Crippen LogP contribution is -2.38. The predicted octanol–water partition coefficient (Wildman–Crippen LogP) is 6.69. The Morgan fingerprint density at radius 3 is 1.97 bits per heavy atom. The van der Waals surface area contributed by atoms with E-state index in [9.17, 15) is 0 Å². The van der Waals surface area contributed by atoms with Gasteiger partial charge >= 0.3 is 0 Å². The van der Waals surface area contributed by atoms with Gasteiger partial charge in [-0.05, 0) is 34.0 Å². The molecule has 0 saturated carbocycles. The first kappa shape index (κ1) is 20.7. The lowest BCUT2D eigenvalue weighted by molar-refractivity contribution is 0.641. The lowest BCUT2D eigenvalue weighted by atomic mass is 9.76. The third-order valence-corrected chi connectivity index (χ3v) is 11.0. The van der Waals surface area contributed by atoms with E-state index in [4.69, 9.17) is 9.40 Å². The quantitative estimate of drug-likeness (QED) is 0.323. The number of aryl methyl sites for hydroxylation is 1. The van der Waals surface area contributed by atoms with Gasteiger partial charge in [0.25, 0.3) is 0 Å². The highest BCUT2D eigenvalue weighted by Gasteiger charge is 2.37. The molecular formula is C27H33NOSi2. The molecule has 0 N–H and O–H groups in total. The molecule has 0 unspecified atom stereocenters. The van der Waals surface area contributed by atoms with Crippen molar-refractivity contribution in [3.8, 4) is 11.3 Å². The normalized spacial score (nSPS) is 15.5. The number of aromatic nitrogens is 1. The molecule has 160 valence electrons. The summed E-state index contributed by atoms with van der Waals surface area (Å²) in [6.07, 6.45) is 2.01. The van der Waals surface area contributed by atoms with Gasteiger partial charge < -0.3 is 4.42 Å². The summed E-state index contributed by atoms with van der Waals surface area (Å²) < 4.78 is 6.90. The van der Waals surface area contributed by atoms with Gasteiger partial charge in [0.1, 0.15) is 11.2 Å². The number of rotatable bonds is 2. The largest absolute Gasteiger partial charge is 0.456 e. The predicted molar refractivity (Wildman–Crippen MR) is 140 cm³/mol. The molecule has 0 bridgehead atoms. The molecular weight excluding hydrogens is 410 g/mol. The molecule has 2 nitrogen and oxygen atoms in total. The molecule has 0 amide bonds. The molecule has 0 aliphatic heterocycles. The van der Waals surface area contributed by atoms with Crippen LogP contribution in [0.3, 0.4) is 0 Å². The maximum absolute atomic E-state index is 6.90. The topological polar surface area (TPSA) is 26.0 Å². The van der Waals surface area contributed by atoms with E-state index < -0.39 is 16.1 Å². The summed E-state index contributed by atoms with van der Waals surface area (Å²) in [6.45, 7) is 21.3. The van der Waals surface area contributed by atoms with Crippen molar-refractivity contribution >= 4 is 48.5 Å². The Balaban J connectivity index is 2.10. The van der Waals surface area contributed by atoms with E-state index in [1.54, 1.807) is 0 Å². The first-order valence-electron chi connectivity index (χ1n) is 11.3. The van der Waals surface area contributed by atoms with Gasteiger partial charge in [-0.1, -0.05) is 83.5 Å². The molecule has 1 aliphatic carbocycles. The summed E-state index contributed by atoms with van der Waals surface area (Å²) in [5.41, 5.74) is 8.29. The van der Waals surface area contributed by atoms with Crippen LogP contribution in [-0.4, -0.2) is 21.1 Å². The molecule has 5 rings (SSSR count). The van der Waals surface area contributed by atoms with E-state index in [1.807, 2.05) is 6.20 Å². The van der Waals surface area contributed by atoms with Crippen LogP contribution in [0.15, 0.2) is 40.9 Å². The summed E-state index contributed by atoms with van der Waals surface area (Å²) in [4.78, 5) is 4.99. The minimum absolute atomic E-state index is 0.153. The van der Waals surface area contributed by atoms with Crippen LogP contribution in [0.5, 0.6) is 0 Å². The van der Waals surface area contributed by atoms with E-state index in [0.717, 1.165) is 16.9 Å². The summed E-state index contributed by atoms with van der Waals surface area (Å²) in [5.74, 6) is 0. The van der Waals surface area contributed by atoms with Crippen molar-refractivity contribution in [3.63, 3.8) is 0 Å². The minimum atomic E-state index is -1.60. The van der Waals surface area contributed by atoms with E-state index in [2.05, 4.69) is 90.4 Å². The van der Waals surface area contributed by atoms with E-state index in [1.165, 1.54) is 43.4 Å². The molecule has 1 aliphatic rings. The van der Waals surface area contributed by atoms with E-state index in [0.29, 0.717) is 0 Å². The summed E-state index contributed by atoms with van der Waals surface area (Å²) >= 11 is 0. The van der Waals surface area contributed by atoms with Crippen LogP contribution in [0.2, 0.25) is 39.3 Å². The molecule has 0 radical (unpaired) electrons. The number of hydrogen-bond donors (Lipinski definition) is 0. The molecule has 31 heavy (non-hydrogen) atoms. The Labute approximate surface area is 187 Å². The molecule has 4 aromatic rings. The highest BCUT2D eigenvalue weighted by atomic mass is 28.3. The fraction of sp³-hybridized carbons (Fsp3) is 0.370. The second kappa shape index (κ2) is 6.20. The number of pyridine rings is 1. The third-order valence-electron chi connectivity index (χ3n) is 7.01. The number of fused-ring (bicyclic) bond motifs is 2. The van der Waals surface area contributed by atoms with Crippen LogP contribution in [0, 0.1) is 6.92 Å². The smallest absolute Gasteiger partial charge is 0.135 e. The second-order valence-electron chi connectivity index (χ2n) is 11.9. The Kier molecular flexibility index (Phi) is 4.14. The first-order valence-corrected chi connectivity index (χ1v) is 18.3. The average molecular weight is 444 g/mol. The van der Waals surface area contributed by atoms with Gasteiger partial charge in [0.05, 0.1) is 21.8 Å². The summed E-state index contributed by atoms with van der Waals surface area (Å²) in [5, 5.41) is 5.43. The third kappa shape index (κ3) is 2.84. The van der Waals surface area contributed by atoms with Crippen LogP contribution < -0.4 is 10.4 Å². The average Bonchev–Trinajstić information content (AvgIpc) is 3.01. The monoisotopic (exact) mass is 443 g/mol. The molecule has 0 saturated heterocycles. The molecule has 2 aromatic heterocycles. The fourth-order valence-electron chi connectivity index (χ4n) is 5.28. The van der Waals surface area contributed by atoms with E-state index in [-0.39, 0.29) is 5.41 Å². The van der Waals surface area contributed by atoms with Crippen molar-refractivity contribution in [2.24, 2.45) is 0 Å². The fourth-order valence-corrected chi connectivity index (χ4v) is 8.16. The summed E-state index contributed by atoms with van der Waals surface area (Å²) in [6, 6.07) is 11.7. The minimum Gasteiger partial charge on any atom is -0.456 e. The van der Waals surface area contributed by atoms with Gasteiger partial charge in [-0.3, -0.25) is 4.98 Å². The van der Waals surface area contributed by atoms with Crippen LogP contribution in [0.1, 0.15) is 30.5 Å². The maximum atomic E-state index is 6.90. The maximum Gasteiger partial charge on any atom is 0.135 e. The zero-order valence-electron chi connectivity index (χ0n) is 20.3. The zero-order chi connectivity index (χ0) is 22.5. The van der Waals surface area contributed by atoms with Crippen molar-refractivity contribution in [2.75, 3.05) is 0 Å². The highest BCUT2D eigenvalue weighted by Crippen LogP contribution is 2.49. The Morgan fingerprint density at radius 1 is 0.774 bits per heavy atom. The Morgan fingerprint density at radius 2 is 1.35 bits per heavy atom. The van der Waals surface area contributed by atoms with Crippen LogP contribution in [0.25, 0.3) is 33.2 Å². The standard InChI is InChI=1S/C27H33NOSi2/c1-16-14-19-24(28-15-16)17-10-12-20(30(4,5)6)25-22(17)23-18(27(19,2)3)11-13-21(26(23)29-25)31(7,8)9/h10-15H,1-9H3. The van der Waals surface area contributed by atoms with Gasteiger partial charge in [0.15, 0.2) is 0 Å². The van der Waals surface area contributed by atoms with Crippen molar-refractivity contribution in [2.45, 2.75) is 65.5 Å². The number of benzene rings is 2. The molecule has 4 heteroatoms. The van der Waals surface area contributed by atoms with Crippen molar-refractivity contribution in [1.82, 2.24) is 4.98 Å². The number of hydrogen-bond acceptors (Lipinski definition) is 2. The van der Waals surface area contributed by atoms with Gasteiger partial charge in [-0.2, -0.15) is 0 Å². The molecule has 0 atom stereocenters. The van der Waals surface area contributed by atoms with Gasteiger partial charge in [-0.15, -0.1) is 0 Å². The first-order chi connectivity index (χ1) is 14.3. The number of furan rings is 1. The van der Waals surface area contributed by atoms with E-state index >= 15 is 0 Å². The lowest BCUT2D eigenvalue weighted by Gasteiger charge is -2.29. The molecule has 2 heterocycles. The van der Waals surface area contributed by atoms with Crippen LogP contribution in [-0.2, 0) is 5.41 Å². The highest BCUT2D eigenvalue weighted by molar-refractivity contribution is 6.91. The number of nitrogens with zero attached hydrogens (tertiary/aromatic N) is 1. The molecule has 2 aromatic carbocycles. The van der Waals surface area contributed by atoms with Gasteiger partial charge in [-0.25, -0.2) is 0 Å². The molecule has 0 fully saturated rings. The Bertz CT molecular complexity index is 1380. The second-order valence-corrected chi connectivity index (χ2v) is 21.9. The van der Waals surface area contributed by atoms with Gasteiger partial charge in [0, 0.05) is 27.9 Å². The van der Waals surface area contributed by atoms with Crippen molar-refractivity contribution in [1.29, 1.82) is 0 Å².